The highest BCUT2D eigenvalue weighted by atomic mass is 35.5. The van der Waals surface area contributed by atoms with Crippen LogP contribution in [-0.4, -0.2) is 12.2 Å². The molecule has 1 aliphatic carbocycles. The average molecular weight is 227 g/mol. The van der Waals surface area contributed by atoms with Crippen LogP contribution in [0.5, 0.6) is 5.75 Å². The van der Waals surface area contributed by atoms with Crippen molar-refractivity contribution in [3.63, 3.8) is 0 Å². The Morgan fingerprint density at radius 3 is 2.60 bits per heavy atom. The normalized spacial score (nSPS) is 17.6. The number of hydrogen-bond donors (Lipinski definition) is 1. The first-order valence-corrected chi connectivity index (χ1v) is 5.58. The molecule has 0 saturated heterocycles. The quantitative estimate of drug-likeness (QED) is 0.859. The molecule has 0 amide bonds. The smallest absolute Gasteiger partial charge is 0.128 e. The van der Waals surface area contributed by atoms with E-state index in [1.165, 1.54) is 0 Å². The Bertz CT molecular complexity index is 383. The van der Waals surface area contributed by atoms with Crippen molar-refractivity contribution in [2.45, 2.75) is 31.8 Å². The lowest BCUT2D eigenvalue weighted by atomic mass is 10.0. The Hall–Kier alpha value is -0.730. The molecule has 1 aromatic carbocycles. The second-order valence-corrected chi connectivity index (χ2v) is 4.47. The van der Waals surface area contributed by atoms with Crippen LogP contribution in [0.4, 0.5) is 0 Å². The number of halogens is 1. The van der Waals surface area contributed by atoms with Crippen LogP contribution >= 0.6 is 11.6 Å². The van der Waals surface area contributed by atoms with Gasteiger partial charge in [-0.05, 0) is 37.0 Å². The lowest BCUT2D eigenvalue weighted by Gasteiger charge is -2.17. The molecule has 0 radical (unpaired) electrons. The van der Waals surface area contributed by atoms with E-state index in [1.807, 2.05) is 12.1 Å². The zero-order valence-electron chi connectivity index (χ0n) is 9.01. The van der Waals surface area contributed by atoms with Gasteiger partial charge in [-0.1, -0.05) is 18.5 Å². The van der Waals surface area contributed by atoms with E-state index in [-0.39, 0.29) is 0 Å². The van der Waals surface area contributed by atoms with Gasteiger partial charge in [0.05, 0.1) is 12.7 Å². The molecule has 2 nitrogen and oxygen atoms in total. The van der Waals surface area contributed by atoms with Gasteiger partial charge in [-0.3, -0.25) is 0 Å². The molecule has 0 unspecified atom stereocenters. The van der Waals surface area contributed by atoms with Crippen LogP contribution in [0.15, 0.2) is 12.1 Å². The fraction of sp³-hybridized carbons (Fsp3) is 0.500. The van der Waals surface area contributed by atoms with Crippen molar-refractivity contribution in [3.05, 3.63) is 28.3 Å². The molecule has 1 aliphatic rings. The summed E-state index contributed by atoms with van der Waals surface area (Å²) in [7, 11) is 1.64. The van der Waals surface area contributed by atoms with Crippen LogP contribution in [0.1, 0.15) is 30.9 Å². The molecule has 1 aromatic rings. The van der Waals surface area contributed by atoms with E-state index in [0.29, 0.717) is 5.02 Å². The maximum atomic E-state index is 10.1. The summed E-state index contributed by atoms with van der Waals surface area (Å²) in [5, 5.41) is 10.8. The maximum absolute atomic E-state index is 10.1. The summed E-state index contributed by atoms with van der Waals surface area (Å²) in [5.41, 5.74) is 1.20. The second kappa shape index (κ2) is 3.69. The molecule has 0 aromatic heterocycles. The van der Waals surface area contributed by atoms with Gasteiger partial charge in [0.1, 0.15) is 5.75 Å². The van der Waals surface area contributed by atoms with E-state index in [4.69, 9.17) is 16.3 Å². The van der Waals surface area contributed by atoms with Crippen molar-refractivity contribution in [2.75, 3.05) is 7.11 Å². The number of rotatable bonds is 3. The van der Waals surface area contributed by atoms with Gasteiger partial charge < -0.3 is 9.84 Å². The molecule has 3 heteroatoms. The molecule has 1 N–H and O–H groups in total. The summed E-state index contributed by atoms with van der Waals surface area (Å²) >= 11 is 6.02. The molecular formula is C12H15ClO2. The van der Waals surface area contributed by atoms with Crippen molar-refractivity contribution in [3.8, 4) is 5.75 Å². The summed E-state index contributed by atoms with van der Waals surface area (Å²) < 4.78 is 5.37. The van der Waals surface area contributed by atoms with Crippen molar-refractivity contribution in [1.82, 2.24) is 0 Å². The topological polar surface area (TPSA) is 29.5 Å². The molecule has 2 rings (SSSR count). The third kappa shape index (κ3) is 1.84. The number of ether oxygens (including phenoxy) is 1. The van der Waals surface area contributed by atoms with E-state index in [2.05, 4.69) is 6.92 Å². The minimum absolute atomic E-state index is 0.669. The van der Waals surface area contributed by atoms with Gasteiger partial charge in [-0.25, -0.2) is 0 Å². The van der Waals surface area contributed by atoms with Gasteiger partial charge >= 0.3 is 0 Å². The first kappa shape index (κ1) is 10.8. The molecule has 0 atom stereocenters. The van der Waals surface area contributed by atoms with Gasteiger partial charge in [0, 0.05) is 10.6 Å². The van der Waals surface area contributed by atoms with E-state index < -0.39 is 5.60 Å². The molecule has 0 heterocycles. The first-order chi connectivity index (χ1) is 7.10. The summed E-state index contributed by atoms with van der Waals surface area (Å²) in [5.74, 6) is 0.793. The third-order valence-electron chi connectivity index (χ3n) is 2.94. The Morgan fingerprint density at radius 2 is 2.13 bits per heavy atom. The number of hydrogen-bond acceptors (Lipinski definition) is 2. The van der Waals surface area contributed by atoms with Crippen molar-refractivity contribution < 1.29 is 9.84 Å². The lowest BCUT2D eigenvalue weighted by molar-refractivity contribution is 0.147. The van der Waals surface area contributed by atoms with Crippen LogP contribution in [0.3, 0.4) is 0 Å². The average Bonchev–Trinajstić information content (AvgIpc) is 2.96. The van der Waals surface area contributed by atoms with Gasteiger partial charge in [-0.15, -0.1) is 0 Å². The Morgan fingerprint density at radius 1 is 1.47 bits per heavy atom. The standard InChI is InChI=1S/C12H15ClO2/c1-3-8-6-9(13)7-10(11(8)15-2)12(14)4-5-12/h6-7,14H,3-5H2,1-2H3. The summed E-state index contributed by atoms with van der Waals surface area (Å²) in [6, 6.07) is 3.71. The zero-order chi connectivity index (χ0) is 11.1. The fourth-order valence-electron chi connectivity index (χ4n) is 1.89. The summed E-state index contributed by atoms with van der Waals surface area (Å²) in [4.78, 5) is 0. The number of aliphatic hydroxyl groups is 1. The van der Waals surface area contributed by atoms with Crippen molar-refractivity contribution in [1.29, 1.82) is 0 Å². The summed E-state index contributed by atoms with van der Waals surface area (Å²) in [6.07, 6.45) is 2.45. The highest BCUT2D eigenvalue weighted by molar-refractivity contribution is 6.30. The van der Waals surface area contributed by atoms with Crippen molar-refractivity contribution in [2.24, 2.45) is 0 Å². The number of aryl methyl sites for hydroxylation is 1. The molecule has 15 heavy (non-hydrogen) atoms. The van der Waals surface area contributed by atoms with E-state index in [1.54, 1.807) is 7.11 Å². The molecule has 0 aliphatic heterocycles. The van der Waals surface area contributed by atoms with Gasteiger partial charge in [0.15, 0.2) is 0 Å². The van der Waals surface area contributed by atoms with E-state index in [9.17, 15) is 5.11 Å². The first-order valence-electron chi connectivity index (χ1n) is 5.20. The molecular weight excluding hydrogens is 212 g/mol. The van der Waals surface area contributed by atoms with Crippen LogP contribution in [0, 0.1) is 0 Å². The molecule has 0 bridgehead atoms. The number of methoxy groups -OCH3 is 1. The van der Waals surface area contributed by atoms with Crippen LogP contribution < -0.4 is 4.74 Å². The second-order valence-electron chi connectivity index (χ2n) is 4.03. The monoisotopic (exact) mass is 226 g/mol. The summed E-state index contributed by atoms with van der Waals surface area (Å²) in [6.45, 7) is 2.05. The van der Waals surface area contributed by atoms with Gasteiger partial charge in [0.2, 0.25) is 0 Å². The predicted octanol–water partition coefficient (Wildman–Crippen LogP) is 2.89. The van der Waals surface area contributed by atoms with E-state index >= 15 is 0 Å². The molecule has 0 spiro atoms. The number of benzene rings is 1. The predicted molar refractivity (Wildman–Crippen MR) is 60.5 cm³/mol. The van der Waals surface area contributed by atoms with Gasteiger partial charge in [0.25, 0.3) is 0 Å². The van der Waals surface area contributed by atoms with Crippen LogP contribution in [0.25, 0.3) is 0 Å². The Kier molecular flexibility index (Phi) is 2.65. The van der Waals surface area contributed by atoms with Crippen molar-refractivity contribution >= 4 is 11.6 Å². The SMILES string of the molecule is CCc1cc(Cl)cc(C2(O)CC2)c1OC. The largest absolute Gasteiger partial charge is 0.496 e. The van der Waals surface area contributed by atoms with Crippen LogP contribution in [0.2, 0.25) is 5.02 Å². The van der Waals surface area contributed by atoms with E-state index in [0.717, 1.165) is 36.1 Å². The molecule has 1 saturated carbocycles. The Balaban J connectivity index is 2.56. The fourth-order valence-corrected chi connectivity index (χ4v) is 2.13. The van der Waals surface area contributed by atoms with Gasteiger partial charge in [-0.2, -0.15) is 0 Å². The molecule has 82 valence electrons. The zero-order valence-corrected chi connectivity index (χ0v) is 9.77. The maximum Gasteiger partial charge on any atom is 0.128 e. The van der Waals surface area contributed by atoms with Crippen LogP contribution in [-0.2, 0) is 12.0 Å². The minimum atomic E-state index is -0.694. The third-order valence-corrected chi connectivity index (χ3v) is 3.16. The lowest BCUT2D eigenvalue weighted by Crippen LogP contribution is -2.08. The highest BCUT2D eigenvalue weighted by Gasteiger charge is 2.44. The highest BCUT2D eigenvalue weighted by Crippen LogP contribution is 2.50. The Labute approximate surface area is 94.8 Å². The molecule has 1 fully saturated rings. The minimum Gasteiger partial charge on any atom is -0.496 e.